The minimum Gasteiger partial charge on any atom is -0.449 e. The van der Waals surface area contributed by atoms with E-state index in [9.17, 15) is 9.59 Å². The lowest BCUT2D eigenvalue weighted by molar-refractivity contribution is -0.118. The lowest BCUT2D eigenvalue weighted by atomic mass is 9.96. The molecule has 0 aliphatic carbocycles. The zero-order chi connectivity index (χ0) is 11.4. The van der Waals surface area contributed by atoms with E-state index in [0.717, 1.165) is 6.42 Å². The molecule has 1 unspecified atom stereocenters. The number of rotatable bonds is 4. The maximum absolute atomic E-state index is 11.3. The molecule has 0 aromatic rings. The van der Waals surface area contributed by atoms with E-state index in [4.69, 9.17) is 4.74 Å². The van der Waals surface area contributed by atoms with Gasteiger partial charge in [0.2, 0.25) is 0 Å². The summed E-state index contributed by atoms with van der Waals surface area (Å²) < 4.78 is 5.04. The lowest BCUT2D eigenvalue weighted by Crippen LogP contribution is -2.45. The second-order valence-electron chi connectivity index (χ2n) is 4.66. The van der Waals surface area contributed by atoms with Crippen LogP contribution in [0.25, 0.3) is 0 Å². The fraction of sp³-hybridized carbons (Fsp3) is 0.818. The van der Waals surface area contributed by atoms with Crippen LogP contribution in [-0.2, 0) is 9.53 Å². The molecule has 1 saturated heterocycles. The van der Waals surface area contributed by atoms with Gasteiger partial charge in [-0.1, -0.05) is 13.8 Å². The molecule has 1 aliphatic rings. The first kappa shape index (κ1) is 12.0. The Labute approximate surface area is 90.6 Å². The molecule has 4 nitrogen and oxygen atoms in total. The van der Waals surface area contributed by atoms with Crippen molar-refractivity contribution in [1.29, 1.82) is 0 Å². The summed E-state index contributed by atoms with van der Waals surface area (Å²) in [5.74, 6) is 0.949. The molecule has 1 rings (SSSR count). The Morgan fingerprint density at radius 3 is 2.80 bits per heavy atom. The van der Waals surface area contributed by atoms with Gasteiger partial charge in [0, 0.05) is 12.5 Å². The van der Waals surface area contributed by atoms with Crippen LogP contribution >= 0.6 is 0 Å². The van der Waals surface area contributed by atoms with E-state index in [1.807, 2.05) is 0 Å². The van der Waals surface area contributed by atoms with Gasteiger partial charge >= 0.3 is 6.09 Å². The highest BCUT2D eigenvalue weighted by molar-refractivity contribution is 5.82. The molecule has 0 N–H and O–H groups in total. The van der Waals surface area contributed by atoms with E-state index in [0.29, 0.717) is 25.0 Å². The minimum atomic E-state index is -0.356. The summed E-state index contributed by atoms with van der Waals surface area (Å²) in [4.78, 5) is 23.7. The fourth-order valence-corrected chi connectivity index (χ4v) is 1.93. The molecule has 0 radical (unpaired) electrons. The lowest BCUT2D eigenvalue weighted by Gasteiger charge is -2.32. The van der Waals surface area contributed by atoms with E-state index >= 15 is 0 Å². The van der Waals surface area contributed by atoms with Crippen LogP contribution < -0.4 is 0 Å². The maximum atomic E-state index is 11.3. The van der Waals surface area contributed by atoms with Crippen molar-refractivity contribution in [2.75, 3.05) is 19.7 Å². The van der Waals surface area contributed by atoms with Gasteiger partial charge in [-0.3, -0.25) is 4.79 Å². The van der Waals surface area contributed by atoms with E-state index in [2.05, 4.69) is 13.8 Å². The molecule has 1 aliphatic heterocycles. The van der Waals surface area contributed by atoms with E-state index in [1.165, 1.54) is 11.8 Å². The molecule has 4 heteroatoms. The molecule has 0 aromatic heterocycles. The summed E-state index contributed by atoms with van der Waals surface area (Å²) in [5.41, 5.74) is 0. The van der Waals surface area contributed by atoms with Gasteiger partial charge in [-0.2, -0.15) is 0 Å². The quantitative estimate of drug-likeness (QED) is 0.714. The normalized spacial score (nSPS) is 21.7. The molecule has 1 fully saturated rings. The molecule has 0 bridgehead atoms. The third-order valence-corrected chi connectivity index (χ3v) is 2.40. The van der Waals surface area contributed by atoms with Crippen molar-refractivity contribution >= 4 is 11.9 Å². The smallest absolute Gasteiger partial charge is 0.410 e. The predicted octanol–water partition coefficient (Wildman–Crippen LogP) is 1.69. The van der Waals surface area contributed by atoms with Crippen LogP contribution in [0.5, 0.6) is 0 Å². The number of amides is 1. The molecule has 0 saturated carbocycles. The van der Waals surface area contributed by atoms with Crippen molar-refractivity contribution < 1.29 is 14.3 Å². The van der Waals surface area contributed by atoms with Crippen molar-refractivity contribution in [3.63, 3.8) is 0 Å². The van der Waals surface area contributed by atoms with Crippen LogP contribution in [0.2, 0.25) is 0 Å². The largest absolute Gasteiger partial charge is 0.449 e. The number of ether oxygens (including phenoxy) is 1. The SMILES string of the molecule is CC(=O)CN1CC(CC(C)C)COC1=O. The highest BCUT2D eigenvalue weighted by atomic mass is 16.6. The van der Waals surface area contributed by atoms with Crippen LogP contribution in [0.4, 0.5) is 4.79 Å². The monoisotopic (exact) mass is 213 g/mol. The first-order chi connectivity index (χ1) is 6.99. The first-order valence-corrected chi connectivity index (χ1v) is 5.40. The van der Waals surface area contributed by atoms with E-state index in [-0.39, 0.29) is 18.4 Å². The van der Waals surface area contributed by atoms with Crippen molar-refractivity contribution in [2.24, 2.45) is 11.8 Å². The van der Waals surface area contributed by atoms with Gasteiger partial charge < -0.3 is 9.64 Å². The third-order valence-electron chi connectivity index (χ3n) is 2.40. The summed E-state index contributed by atoms with van der Waals surface area (Å²) >= 11 is 0. The highest BCUT2D eigenvalue weighted by Gasteiger charge is 2.27. The second kappa shape index (κ2) is 5.14. The van der Waals surface area contributed by atoms with Crippen LogP contribution in [-0.4, -0.2) is 36.5 Å². The van der Waals surface area contributed by atoms with E-state index in [1.54, 1.807) is 0 Å². The van der Waals surface area contributed by atoms with Crippen LogP contribution in [0.3, 0.4) is 0 Å². The van der Waals surface area contributed by atoms with Gasteiger partial charge in [0.05, 0.1) is 13.2 Å². The van der Waals surface area contributed by atoms with Gasteiger partial charge in [-0.05, 0) is 19.3 Å². The average molecular weight is 213 g/mol. The van der Waals surface area contributed by atoms with Crippen LogP contribution in [0, 0.1) is 11.8 Å². The highest BCUT2D eigenvalue weighted by Crippen LogP contribution is 2.18. The summed E-state index contributed by atoms with van der Waals surface area (Å²) in [6.45, 7) is 7.09. The van der Waals surface area contributed by atoms with Gasteiger partial charge in [-0.15, -0.1) is 0 Å². The van der Waals surface area contributed by atoms with Gasteiger partial charge in [0.15, 0.2) is 0 Å². The van der Waals surface area contributed by atoms with Gasteiger partial charge in [0.1, 0.15) is 5.78 Å². The number of Topliss-reactive ketones (excluding diaryl/α,β-unsaturated/α-hetero) is 1. The number of carbonyl (C=O) groups excluding carboxylic acids is 2. The van der Waals surface area contributed by atoms with Crippen LogP contribution in [0.15, 0.2) is 0 Å². The van der Waals surface area contributed by atoms with E-state index < -0.39 is 0 Å². The molecular formula is C11H19NO3. The Hall–Kier alpha value is -1.06. The Bertz CT molecular complexity index is 250. The number of nitrogens with zero attached hydrogens (tertiary/aromatic N) is 1. The van der Waals surface area contributed by atoms with Gasteiger partial charge in [0.25, 0.3) is 0 Å². The average Bonchev–Trinajstić information content (AvgIpc) is 2.09. The molecule has 0 aromatic carbocycles. The Balaban J connectivity index is 2.48. The Morgan fingerprint density at radius 1 is 1.60 bits per heavy atom. The zero-order valence-corrected chi connectivity index (χ0v) is 9.66. The Morgan fingerprint density at radius 2 is 2.27 bits per heavy atom. The van der Waals surface area contributed by atoms with Crippen molar-refractivity contribution in [3.8, 4) is 0 Å². The van der Waals surface area contributed by atoms with Crippen LogP contribution in [0.1, 0.15) is 27.2 Å². The molecule has 86 valence electrons. The first-order valence-electron chi connectivity index (χ1n) is 5.40. The van der Waals surface area contributed by atoms with Crippen molar-refractivity contribution in [3.05, 3.63) is 0 Å². The number of carbonyl (C=O) groups is 2. The number of hydrogen-bond donors (Lipinski definition) is 0. The summed E-state index contributed by atoms with van der Waals surface area (Å²) in [6, 6.07) is 0. The maximum Gasteiger partial charge on any atom is 0.410 e. The van der Waals surface area contributed by atoms with Gasteiger partial charge in [-0.25, -0.2) is 4.79 Å². The summed E-state index contributed by atoms with van der Waals surface area (Å²) in [6.07, 6.45) is 0.673. The number of ketones is 1. The van der Waals surface area contributed by atoms with Crippen molar-refractivity contribution in [1.82, 2.24) is 4.90 Å². The standard InChI is InChI=1S/C11H19NO3/c1-8(2)4-10-6-12(5-9(3)13)11(14)15-7-10/h8,10H,4-7H2,1-3H3. The number of cyclic esters (lactones) is 1. The minimum absolute atomic E-state index is 0.00264. The molecule has 1 atom stereocenters. The molecule has 1 heterocycles. The summed E-state index contributed by atoms with van der Waals surface area (Å²) in [7, 11) is 0. The second-order valence-corrected chi connectivity index (χ2v) is 4.66. The predicted molar refractivity (Wildman–Crippen MR) is 56.5 cm³/mol. The molecule has 1 amide bonds. The molecular weight excluding hydrogens is 194 g/mol. The number of hydrogen-bond acceptors (Lipinski definition) is 3. The summed E-state index contributed by atoms with van der Waals surface area (Å²) in [5, 5.41) is 0. The fourth-order valence-electron chi connectivity index (χ4n) is 1.93. The molecule has 0 spiro atoms. The third kappa shape index (κ3) is 3.90. The molecule has 15 heavy (non-hydrogen) atoms. The topological polar surface area (TPSA) is 46.6 Å². The Kier molecular flexibility index (Phi) is 4.12. The zero-order valence-electron chi connectivity index (χ0n) is 9.66. The van der Waals surface area contributed by atoms with Crippen molar-refractivity contribution in [2.45, 2.75) is 27.2 Å².